The van der Waals surface area contributed by atoms with E-state index < -0.39 is 0 Å². The van der Waals surface area contributed by atoms with Gasteiger partial charge in [-0.25, -0.2) is 0 Å². The molecule has 110 valence electrons. The number of piperidine rings is 1. The van der Waals surface area contributed by atoms with E-state index in [-0.39, 0.29) is 12.0 Å². The molecule has 6 heteroatoms. The van der Waals surface area contributed by atoms with Gasteiger partial charge in [0, 0.05) is 20.2 Å². The second kappa shape index (κ2) is 6.05. The Labute approximate surface area is 123 Å². The lowest BCUT2D eigenvalue weighted by Gasteiger charge is -2.31. The molecule has 1 aromatic carbocycles. The average molecular weight is 286 g/mol. The van der Waals surface area contributed by atoms with E-state index in [0.29, 0.717) is 5.56 Å². The molecule has 21 heavy (non-hydrogen) atoms. The van der Waals surface area contributed by atoms with Crippen molar-refractivity contribution in [2.75, 3.05) is 20.2 Å². The molecule has 1 aromatic heterocycles. The molecule has 2 heterocycles. The van der Waals surface area contributed by atoms with Crippen molar-refractivity contribution in [1.82, 2.24) is 19.7 Å². The molecule has 0 unspecified atom stereocenters. The van der Waals surface area contributed by atoms with Gasteiger partial charge in [0.25, 0.3) is 5.91 Å². The quantitative estimate of drug-likeness (QED) is 0.858. The minimum atomic E-state index is 0.0499. The summed E-state index contributed by atoms with van der Waals surface area (Å²) in [6.07, 6.45) is 5.24. The van der Waals surface area contributed by atoms with Crippen molar-refractivity contribution in [2.24, 2.45) is 0 Å². The maximum atomic E-state index is 12.7. The number of hydrogen-bond donors (Lipinski definition) is 0. The molecule has 2 aromatic rings. The molecule has 1 fully saturated rings. The number of amides is 1. The van der Waals surface area contributed by atoms with Crippen LogP contribution in [-0.4, -0.2) is 51.9 Å². The summed E-state index contributed by atoms with van der Waals surface area (Å²) in [4.78, 5) is 14.6. The van der Waals surface area contributed by atoms with Gasteiger partial charge in [0.15, 0.2) is 0 Å². The number of benzene rings is 1. The SMILES string of the molecule is COC1CCN(C(=O)c2ccccc2-n2cnnc2)CC1. The molecule has 6 nitrogen and oxygen atoms in total. The van der Waals surface area contributed by atoms with Gasteiger partial charge >= 0.3 is 0 Å². The standard InChI is InChI=1S/C15H18N4O2/c1-21-12-6-8-18(9-7-12)15(20)13-4-2-3-5-14(13)19-10-16-17-11-19/h2-5,10-12H,6-9H2,1H3. The van der Waals surface area contributed by atoms with Crippen molar-refractivity contribution in [2.45, 2.75) is 18.9 Å². The second-order valence-corrected chi connectivity index (χ2v) is 5.11. The first-order chi connectivity index (χ1) is 10.3. The van der Waals surface area contributed by atoms with Crippen LogP contribution in [0.4, 0.5) is 0 Å². The maximum absolute atomic E-state index is 12.7. The first kappa shape index (κ1) is 13.8. The molecule has 0 spiro atoms. The first-order valence-electron chi connectivity index (χ1n) is 7.05. The van der Waals surface area contributed by atoms with Crippen LogP contribution in [0.2, 0.25) is 0 Å². The molecule has 0 N–H and O–H groups in total. The van der Waals surface area contributed by atoms with Gasteiger partial charge in [0.2, 0.25) is 0 Å². The third kappa shape index (κ3) is 2.80. The van der Waals surface area contributed by atoms with Crippen molar-refractivity contribution in [1.29, 1.82) is 0 Å². The van der Waals surface area contributed by atoms with Crippen LogP contribution in [-0.2, 0) is 4.74 Å². The van der Waals surface area contributed by atoms with E-state index in [1.165, 1.54) is 0 Å². The average Bonchev–Trinajstić information content (AvgIpc) is 3.08. The number of hydrogen-bond acceptors (Lipinski definition) is 4. The summed E-state index contributed by atoms with van der Waals surface area (Å²) in [7, 11) is 1.73. The highest BCUT2D eigenvalue weighted by atomic mass is 16.5. The van der Waals surface area contributed by atoms with Crippen LogP contribution in [0.5, 0.6) is 0 Å². The van der Waals surface area contributed by atoms with E-state index in [1.807, 2.05) is 29.2 Å². The van der Waals surface area contributed by atoms with Crippen molar-refractivity contribution in [3.63, 3.8) is 0 Å². The number of ether oxygens (including phenoxy) is 1. The summed E-state index contributed by atoms with van der Waals surface area (Å²) in [5.41, 5.74) is 1.48. The van der Waals surface area contributed by atoms with Crippen LogP contribution in [0.25, 0.3) is 5.69 Å². The van der Waals surface area contributed by atoms with Crippen LogP contribution in [0.1, 0.15) is 23.2 Å². The van der Waals surface area contributed by atoms with Crippen LogP contribution in [0.3, 0.4) is 0 Å². The van der Waals surface area contributed by atoms with Crippen LogP contribution < -0.4 is 0 Å². The number of nitrogens with zero attached hydrogens (tertiary/aromatic N) is 4. The number of carbonyl (C=O) groups excluding carboxylic acids is 1. The van der Waals surface area contributed by atoms with E-state index in [9.17, 15) is 4.79 Å². The fourth-order valence-corrected chi connectivity index (χ4v) is 2.67. The number of carbonyl (C=O) groups is 1. The fourth-order valence-electron chi connectivity index (χ4n) is 2.67. The van der Waals surface area contributed by atoms with Crippen molar-refractivity contribution in [3.8, 4) is 5.69 Å². The molecule has 0 bridgehead atoms. The summed E-state index contributed by atoms with van der Waals surface area (Å²) in [6.45, 7) is 1.46. The first-order valence-corrected chi connectivity index (χ1v) is 7.05. The Kier molecular flexibility index (Phi) is 3.96. The molecule has 0 radical (unpaired) electrons. The van der Waals surface area contributed by atoms with Gasteiger partial charge in [-0.3, -0.25) is 9.36 Å². The Morgan fingerprint density at radius 2 is 1.86 bits per heavy atom. The number of para-hydroxylation sites is 1. The lowest BCUT2D eigenvalue weighted by molar-refractivity contribution is 0.0351. The fraction of sp³-hybridized carbons (Fsp3) is 0.400. The number of aromatic nitrogens is 3. The summed E-state index contributed by atoms with van der Waals surface area (Å²) in [6, 6.07) is 7.53. The highest BCUT2D eigenvalue weighted by molar-refractivity contribution is 5.97. The molecule has 3 rings (SSSR count). The zero-order valence-corrected chi connectivity index (χ0v) is 12.0. The number of likely N-dealkylation sites (tertiary alicyclic amines) is 1. The largest absolute Gasteiger partial charge is 0.381 e. The second-order valence-electron chi connectivity index (χ2n) is 5.11. The van der Waals surface area contributed by atoms with Gasteiger partial charge in [0.05, 0.1) is 17.4 Å². The number of methoxy groups -OCH3 is 1. The number of rotatable bonds is 3. The Bertz CT molecular complexity index is 604. The van der Waals surface area contributed by atoms with Crippen LogP contribution in [0, 0.1) is 0 Å². The zero-order chi connectivity index (χ0) is 14.7. The van der Waals surface area contributed by atoms with Gasteiger partial charge in [-0.15, -0.1) is 10.2 Å². The van der Waals surface area contributed by atoms with Crippen molar-refractivity contribution < 1.29 is 9.53 Å². The molecule has 1 aliphatic heterocycles. The molecule has 1 aliphatic rings. The normalized spacial score (nSPS) is 16.1. The molecule has 1 amide bonds. The van der Waals surface area contributed by atoms with E-state index in [0.717, 1.165) is 31.6 Å². The smallest absolute Gasteiger partial charge is 0.255 e. The topological polar surface area (TPSA) is 60.2 Å². The Hall–Kier alpha value is -2.21. The molecule has 0 atom stereocenters. The van der Waals surface area contributed by atoms with Gasteiger partial charge in [0.1, 0.15) is 12.7 Å². The monoisotopic (exact) mass is 286 g/mol. The van der Waals surface area contributed by atoms with Gasteiger partial charge in [-0.1, -0.05) is 12.1 Å². The molecule has 0 saturated carbocycles. The minimum absolute atomic E-state index is 0.0499. The minimum Gasteiger partial charge on any atom is -0.381 e. The van der Waals surface area contributed by atoms with Crippen molar-refractivity contribution >= 4 is 5.91 Å². The highest BCUT2D eigenvalue weighted by Crippen LogP contribution is 2.20. The molecular formula is C15H18N4O2. The third-order valence-corrected chi connectivity index (χ3v) is 3.89. The van der Waals surface area contributed by atoms with Gasteiger partial charge in [-0.05, 0) is 25.0 Å². The van der Waals surface area contributed by atoms with E-state index in [2.05, 4.69) is 10.2 Å². The summed E-state index contributed by atoms with van der Waals surface area (Å²) in [5, 5.41) is 7.61. The lowest BCUT2D eigenvalue weighted by Crippen LogP contribution is -2.40. The van der Waals surface area contributed by atoms with Crippen molar-refractivity contribution in [3.05, 3.63) is 42.5 Å². The van der Waals surface area contributed by atoms with Crippen LogP contribution >= 0.6 is 0 Å². The molecule has 1 saturated heterocycles. The summed E-state index contributed by atoms with van der Waals surface area (Å²) < 4.78 is 7.11. The predicted octanol–water partition coefficient (Wildman–Crippen LogP) is 1.52. The third-order valence-electron chi connectivity index (χ3n) is 3.89. The Balaban J connectivity index is 1.83. The summed E-state index contributed by atoms with van der Waals surface area (Å²) in [5.74, 6) is 0.0499. The predicted molar refractivity (Wildman–Crippen MR) is 77.3 cm³/mol. The van der Waals surface area contributed by atoms with E-state index in [1.54, 1.807) is 24.3 Å². The van der Waals surface area contributed by atoms with E-state index >= 15 is 0 Å². The highest BCUT2D eigenvalue weighted by Gasteiger charge is 2.25. The Morgan fingerprint density at radius 3 is 2.52 bits per heavy atom. The molecule has 0 aliphatic carbocycles. The molecular weight excluding hydrogens is 268 g/mol. The Morgan fingerprint density at radius 1 is 1.19 bits per heavy atom. The van der Waals surface area contributed by atoms with E-state index in [4.69, 9.17) is 4.74 Å². The van der Waals surface area contributed by atoms with Crippen LogP contribution in [0.15, 0.2) is 36.9 Å². The maximum Gasteiger partial charge on any atom is 0.255 e. The summed E-state index contributed by atoms with van der Waals surface area (Å²) >= 11 is 0. The lowest BCUT2D eigenvalue weighted by atomic mass is 10.1. The van der Waals surface area contributed by atoms with Gasteiger partial charge in [-0.2, -0.15) is 0 Å². The zero-order valence-electron chi connectivity index (χ0n) is 12.0. The van der Waals surface area contributed by atoms with Gasteiger partial charge < -0.3 is 9.64 Å².